The Morgan fingerprint density at radius 3 is 2.95 bits per heavy atom. The zero-order valence-corrected chi connectivity index (χ0v) is 12.3. The lowest BCUT2D eigenvalue weighted by Gasteiger charge is -2.28. The predicted octanol–water partition coefficient (Wildman–Crippen LogP) is 2.74. The predicted molar refractivity (Wildman–Crippen MR) is 82.7 cm³/mol. The summed E-state index contributed by atoms with van der Waals surface area (Å²) in [5.74, 6) is 1.21. The van der Waals surface area contributed by atoms with Gasteiger partial charge in [0.1, 0.15) is 12.3 Å². The highest BCUT2D eigenvalue weighted by Gasteiger charge is 2.29. The van der Waals surface area contributed by atoms with Crippen LogP contribution in [0.5, 0.6) is 0 Å². The normalized spacial score (nSPS) is 13.8. The monoisotopic (exact) mass is 302 g/mol. The Balaban J connectivity index is 1.92. The van der Waals surface area contributed by atoms with Crippen molar-refractivity contribution in [1.29, 1.82) is 0 Å². The van der Waals surface area contributed by atoms with Crippen molar-refractivity contribution in [2.75, 3.05) is 23.0 Å². The number of carbonyl (C=O) groups is 2. The highest BCUT2D eigenvalue weighted by molar-refractivity contribution is 7.97. The van der Waals surface area contributed by atoms with Gasteiger partial charge in [-0.2, -0.15) is 11.8 Å². The van der Waals surface area contributed by atoms with E-state index in [2.05, 4.69) is 5.32 Å². The number of thioether (sulfide) groups is 1. The van der Waals surface area contributed by atoms with Gasteiger partial charge in [-0.3, -0.25) is 14.5 Å². The third kappa shape index (κ3) is 2.67. The van der Waals surface area contributed by atoms with E-state index in [1.54, 1.807) is 36.0 Å². The van der Waals surface area contributed by atoms with Gasteiger partial charge in [-0.15, -0.1) is 0 Å². The number of hydrogen-bond donors (Lipinski definition) is 1. The van der Waals surface area contributed by atoms with Crippen LogP contribution in [0.2, 0.25) is 0 Å². The Kier molecular flexibility index (Phi) is 3.70. The summed E-state index contributed by atoms with van der Waals surface area (Å²) < 4.78 is 5.55. The van der Waals surface area contributed by atoms with Crippen molar-refractivity contribution in [2.24, 2.45) is 0 Å². The maximum atomic E-state index is 12.6. The average Bonchev–Trinajstić information content (AvgIpc) is 2.94. The Hall–Kier alpha value is -2.21. The van der Waals surface area contributed by atoms with E-state index in [0.717, 1.165) is 5.76 Å². The van der Waals surface area contributed by atoms with Crippen LogP contribution in [0.3, 0.4) is 0 Å². The molecule has 0 saturated carbocycles. The molecule has 108 valence electrons. The summed E-state index contributed by atoms with van der Waals surface area (Å²) in [6, 6.07) is 10.7. The SMILES string of the molecule is CSCc1ccc(C(=O)N2CC(=O)Nc3ccccc32)o1. The van der Waals surface area contributed by atoms with Crippen LogP contribution in [0.4, 0.5) is 11.4 Å². The van der Waals surface area contributed by atoms with Crippen LogP contribution in [0.15, 0.2) is 40.8 Å². The molecule has 1 aromatic heterocycles. The van der Waals surface area contributed by atoms with Gasteiger partial charge in [0.05, 0.1) is 17.1 Å². The quantitative estimate of drug-likeness (QED) is 0.947. The standard InChI is InChI=1S/C15H14N2O3S/c1-21-9-10-6-7-13(20-10)15(19)17-8-14(18)16-11-4-2-3-5-12(11)17/h2-7H,8-9H2,1H3,(H,16,18). The molecule has 1 aliphatic rings. The lowest BCUT2D eigenvalue weighted by atomic mass is 10.2. The van der Waals surface area contributed by atoms with Crippen LogP contribution in [0, 0.1) is 0 Å². The molecule has 2 heterocycles. The zero-order chi connectivity index (χ0) is 14.8. The molecule has 6 heteroatoms. The first-order valence-electron chi connectivity index (χ1n) is 6.47. The molecule has 0 atom stereocenters. The number of para-hydroxylation sites is 2. The van der Waals surface area contributed by atoms with E-state index in [-0.39, 0.29) is 24.1 Å². The zero-order valence-electron chi connectivity index (χ0n) is 11.5. The topological polar surface area (TPSA) is 62.6 Å². The summed E-state index contributed by atoms with van der Waals surface area (Å²) in [5.41, 5.74) is 1.32. The van der Waals surface area contributed by atoms with Crippen LogP contribution >= 0.6 is 11.8 Å². The average molecular weight is 302 g/mol. The third-order valence-electron chi connectivity index (χ3n) is 3.17. The number of benzene rings is 1. The molecule has 0 aliphatic carbocycles. The number of fused-ring (bicyclic) bond motifs is 1. The number of amides is 2. The van der Waals surface area contributed by atoms with E-state index >= 15 is 0 Å². The Labute approximate surface area is 126 Å². The van der Waals surface area contributed by atoms with Crippen molar-refractivity contribution < 1.29 is 14.0 Å². The fraction of sp³-hybridized carbons (Fsp3) is 0.200. The molecular weight excluding hydrogens is 288 g/mol. The van der Waals surface area contributed by atoms with Crippen LogP contribution in [0.25, 0.3) is 0 Å². The van der Waals surface area contributed by atoms with Gasteiger partial charge in [0, 0.05) is 0 Å². The molecule has 3 rings (SSSR count). The van der Waals surface area contributed by atoms with Gasteiger partial charge in [0.2, 0.25) is 5.91 Å². The van der Waals surface area contributed by atoms with E-state index < -0.39 is 0 Å². The van der Waals surface area contributed by atoms with Gasteiger partial charge in [-0.05, 0) is 30.5 Å². The minimum atomic E-state index is -0.301. The summed E-state index contributed by atoms with van der Waals surface area (Å²) in [4.78, 5) is 25.8. The molecular formula is C15H14N2O3S. The summed E-state index contributed by atoms with van der Waals surface area (Å²) in [7, 11) is 0. The molecule has 2 aromatic rings. The van der Waals surface area contributed by atoms with Crippen molar-refractivity contribution in [3.8, 4) is 0 Å². The van der Waals surface area contributed by atoms with Crippen molar-refractivity contribution in [3.63, 3.8) is 0 Å². The van der Waals surface area contributed by atoms with Crippen LogP contribution in [0.1, 0.15) is 16.3 Å². The summed E-state index contributed by atoms with van der Waals surface area (Å²) in [6.45, 7) is -0.00555. The van der Waals surface area contributed by atoms with Gasteiger partial charge in [0.15, 0.2) is 5.76 Å². The Morgan fingerprint density at radius 2 is 2.14 bits per heavy atom. The number of furan rings is 1. The largest absolute Gasteiger partial charge is 0.455 e. The summed E-state index contributed by atoms with van der Waals surface area (Å²) >= 11 is 1.62. The van der Waals surface area contributed by atoms with E-state index in [1.165, 1.54) is 4.90 Å². The molecule has 0 bridgehead atoms. The summed E-state index contributed by atoms with van der Waals surface area (Å²) in [5, 5.41) is 2.75. The number of carbonyl (C=O) groups excluding carboxylic acids is 2. The molecule has 1 aliphatic heterocycles. The second-order valence-corrected chi connectivity index (χ2v) is 5.52. The molecule has 5 nitrogen and oxygen atoms in total. The lowest BCUT2D eigenvalue weighted by Crippen LogP contribution is -2.42. The first-order valence-corrected chi connectivity index (χ1v) is 7.87. The molecule has 0 fully saturated rings. The van der Waals surface area contributed by atoms with E-state index in [0.29, 0.717) is 17.1 Å². The number of rotatable bonds is 3. The van der Waals surface area contributed by atoms with Crippen molar-refractivity contribution in [1.82, 2.24) is 0 Å². The second kappa shape index (κ2) is 5.65. The number of nitrogens with one attached hydrogen (secondary N) is 1. The minimum Gasteiger partial charge on any atom is -0.455 e. The molecule has 2 amide bonds. The van der Waals surface area contributed by atoms with Crippen LogP contribution in [-0.2, 0) is 10.5 Å². The van der Waals surface area contributed by atoms with E-state index in [4.69, 9.17) is 4.42 Å². The fourth-order valence-electron chi connectivity index (χ4n) is 2.26. The maximum absolute atomic E-state index is 12.6. The Morgan fingerprint density at radius 1 is 1.33 bits per heavy atom. The number of nitrogens with zero attached hydrogens (tertiary/aromatic N) is 1. The molecule has 0 unspecified atom stereocenters. The summed E-state index contributed by atoms with van der Waals surface area (Å²) in [6.07, 6.45) is 1.97. The van der Waals surface area contributed by atoms with Gasteiger partial charge in [-0.25, -0.2) is 0 Å². The molecule has 0 radical (unpaired) electrons. The van der Waals surface area contributed by atoms with Crippen molar-refractivity contribution in [3.05, 3.63) is 47.9 Å². The van der Waals surface area contributed by atoms with E-state index in [9.17, 15) is 9.59 Å². The maximum Gasteiger partial charge on any atom is 0.294 e. The van der Waals surface area contributed by atoms with E-state index in [1.807, 2.05) is 18.4 Å². The third-order valence-corrected chi connectivity index (χ3v) is 3.75. The smallest absolute Gasteiger partial charge is 0.294 e. The molecule has 0 spiro atoms. The molecule has 21 heavy (non-hydrogen) atoms. The molecule has 1 aromatic carbocycles. The minimum absolute atomic E-state index is 0.00555. The number of anilines is 2. The highest BCUT2D eigenvalue weighted by atomic mass is 32.2. The van der Waals surface area contributed by atoms with Crippen LogP contribution in [-0.4, -0.2) is 24.6 Å². The fourth-order valence-corrected chi connectivity index (χ4v) is 2.70. The molecule has 0 saturated heterocycles. The molecule has 1 N–H and O–H groups in total. The van der Waals surface area contributed by atoms with Gasteiger partial charge < -0.3 is 9.73 Å². The first kappa shape index (κ1) is 13.8. The van der Waals surface area contributed by atoms with Crippen molar-refractivity contribution >= 4 is 35.0 Å². The number of hydrogen-bond acceptors (Lipinski definition) is 4. The van der Waals surface area contributed by atoms with Gasteiger partial charge in [0.25, 0.3) is 5.91 Å². The van der Waals surface area contributed by atoms with Gasteiger partial charge >= 0.3 is 0 Å². The van der Waals surface area contributed by atoms with Crippen molar-refractivity contribution in [2.45, 2.75) is 5.75 Å². The lowest BCUT2D eigenvalue weighted by molar-refractivity contribution is -0.115. The first-order chi connectivity index (χ1) is 10.2. The highest BCUT2D eigenvalue weighted by Crippen LogP contribution is 2.30. The van der Waals surface area contributed by atoms with Crippen LogP contribution < -0.4 is 10.2 Å². The Bertz CT molecular complexity index is 696. The van der Waals surface area contributed by atoms with Gasteiger partial charge in [-0.1, -0.05) is 12.1 Å². The second-order valence-electron chi connectivity index (χ2n) is 4.66.